The van der Waals surface area contributed by atoms with Crippen LogP contribution in [0.5, 0.6) is 0 Å². The largest absolute Gasteiger partial charge is 0.467 e. The minimum Gasteiger partial charge on any atom is -0.467 e. The highest BCUT2D eigenvalue weighted by molar-refractivity contribution is 4.96. The molecule has 1 heterocycles. The van der Waals surface area contributed by atoms with Crippen LogP contribution in [0.1, 0.15) is 5.76 Å². The molecule has 0 fully saturated rings. The van der Waals surface area contributed by atoms with Crippen LogP contribution in [-0.2, 0) is 11.3 Å². The first-order chi connectivity index (χ1) is 7.33. The number of rotatable bonds is 7. The Kier molecular flexibility index (Phi) is 5.56. The van der Waals surface area contributed by atoms with Crippen LogP contribution < -0.4 is 5.32 Å². The minimum atomic E-state index is -0.548. The van der Waals surface area contributed by atoms with E-state index in [0.29, 0.717) is 19.7 Å². The van der Waals surface area contributed by atoms with Crippen LogP contribution in [-0.4, -0.2) is 30.9 Å². The van der Waals surface area contributed by atoms with Gasteiger partial charge in [-0.1, -0.05) is 5.92 Å². The van der Waals surface area contributed by atoms with Crippen molar-refractivity contribution in [2.45, 2.75) is 12.7 Å². The van der Waals surface area contributed by atoms with Crippen molar-refractivity contribution in [3.63, 3.8) is 0 Å². The van der Waals surface area contributed by atoms with Crippen molar-refractivity contribution in [3.05, 3.63) is 24.2 Å². The molecule has 1 rings (SSSR count). The molecular weight excluding hydrogens is 194 g/mol. The molecule has 1 aromatic rings. The summed E-state index contributed by atoms with van der Waals surface area (Å²) in [5, 5.41) is 12.3. The maximum absolute atomic E-state index is 9.42. The molecule has 2 N–H and O–H groups in total. The summed E-state index contributed by atoms with van der Waals surface area (Å²) in [5.74, 6) is 3.17. The zero-order valence-corrected chi connectivity index (χ0v) is 8.48. The van der Waals surface area contributed by atoms with Gasteiger partial charge in [-0.2, -0.15) is 0 Å². The van der Waals surface area contributed by atoms with E-state index in [1.54, 1.807) is 12.3 Å². The van der Waals surface area contributed by atoms with Gasteiger partial charge in [0.15, 0.2) is 0 Å². The van der Waals surface area contributed by atoms with E-state index in [9.17, 15) is 5.11 Å². The second kappa shape index (κ2) is 7.07. The van der Waals surface area contributed by atoms with E-state index in [2.05, 4.69) is 11.2 Å². The summed E-state index contributed by atoms with van der Waals surface area (Å²) in [6, 6.07) is 3.62. The van der Waals surface area contributed by atoms with Gasteiger partial charge < -0.3 is 19.6 Å². The Morgan fingerprint density at radius 1 is 1.67 bits per heavy atom. The van der Waals surface area contributed by atoms with Crippen molar-refractivity contribution in [3.8, 4) is 12.3 Å². The number of aliphatic hydroxyl groups is 1. The molecule has 4 nitrogen and oxygen atoms in total. The van der Waals surface area contributed by atoms with Crippen LogP contribution in [0.25, 0.3) is 0 Å². The predicted molar refractivity (Wildman–Crippen MR) is 56.1 cm³/mol. The first-order valence-electron chi connectivity index (χ1n) is 4.75. The third-order valence-electron chi connectivity index (χ3n) is 1.74. The van der Waals surface area contributed by atoms with E-state index in [1.165, 1.54) is 0 Å². The number of hydrogen-bond acceptors (Lipinski definition) is 4. The van der Waals surface area contributed by atoms with E-state index in [1.807, 2.05) is 6.07 Å². The van der Waals surface area contributed by atoms with E-state index < -0.39 is 6.10 Å². The maximum atomic E-state index is 9.42. The number of furan rings is 1. The first-order valence-corrected chi connectivity index (χ1v) is 4.75. The lowest BCUT2D eigenvalue weighted by molar-refractivity contribution is 0.0231. The third kappa shape index (κ3) is 5.23. The molecule has 0 aliphatic carbocycles. The molecule has 0 aliphatic rings. The van der Waals surface area contributed by atoms with Gasteiger partial charge in [-0.15, -0.1) is 6.42 Å². The highest BCUT2D eigenvalue weighted by Crippen LogP contribution is 2.01. The van der Waals surface area contributed by atoms with Gasteiger partial charge >= 0.3 is 0 Å². The fourth-order valence-electron chi connectivity index (χ4n) is 1.06. The third-order valence-corrected chi connectivity index (χ3v) is 1.74. The quantitative estimate of drug-likeness (QED) is 0.503. The van der Waals surface area contributed by atoms with Crippen LogP contribution in [0, 0.1) is 12.3 Å². The molecule has 82 valence electrons. The number of aliphatic hydroxyl groups excluding tert-OH is 1. The summed E-state index contributed by atoms with van der Waals surface area (Å²) < 4.78 is 10.3. The average molecular weight is 209 g/mol. The molecule has 4 heteroatoms. The normalized spacial score (nSPS) is 12.3. The van der Waals surface area contributed by atoms with Crippen molar-refractivity contribution in [2.75, 3.05) is 19.7 Å². The van der Waals surface area contributed by atoms with Crippen molar-refractivity contribution >= 4 is 0 Å². The minimum absolute atomic E-state index is 0.262. The molecule has 1 atom stereocenters. The molecule has 0 amide bonds. The molecular formula is C11H15NO3. The second-order valence-corrected chi connectivity index (χ2v) is 3.08. The van der Waals surface area contributed by atoms with Gasteiger partial charge in [0.05, 0.1) is 25.5 Å². The van der Waals surface area contributed by atoms with Gasteiger partial charge in [-0.3, -0.25) is 0 Å². The zero-order chi connectivity index (χ0) is 10.9. The second-order valence-electron chi connectivity index (χ2n) is 3.08. The lowest BCUT2D eigenvalue weighted by Gasteiger charge is -2.10. The van der Waals surface area contributed by atoms with Crippen molar-refractivity contribution in [1.82, 2.24) is 5.32 Å². The predicted octanol–water partition coefficient (Wildman–Crippen LogP) is 0.380. The standard InChI is InChI=1S/C11H15NO3/c1-2-5-12-7-10(13)8-14-9-11-4-3-6-15-11/h1,3-4,6,10,12-13H,5,7-9H2. The Labute approximate surface area is 89.2 Å². The molecule has 0 bridgehead atoms. The monoisotopic (exact) mass is 209 g/mol. The summed E-state index contributed by atoms with van der Waals surface area (Å²) >= 11 is 0. The summed E-state index contributed by atoms with van der Waals surface area (Å²) in [5.41, 5.74) is 0. The van der Waals surface area contributed by atoms with E-state index in [0.717, 1.165) is 5.76 Å². The molecule has 0 saturated carbocycles. The van der Waals surface area contributed by atoms with Crippen LogP contribution in [0.15, 0.2) is 22.8 Å². The van der Waals surface area contributed by atoms with E-state index in [4.69, 9.17) is 15.6 Å². The Bertz CT molecular complexity index is 289. The lowest BCUT2D eigenvalue weighted by atomic mass is 10.4. The van der Waals surface area contributed by atoms with Gasteiger partial charge in [-0.25, -0.2) is 0 Å². The Morgan fingerprint density at radius 2 is 2.53 bits per heavy atom. The van der Waals surface area contributed by atoms with E-state index >= 15 is 0 Å². The summed E-state index contributed by atoms with van der Waals surface area (Å²) in [7, 11) is 0. The van der Waals surface area contributed by atoms with Crippen LogP contribution in [0.2, 0.25) is 0 Å². The summed E-state index contributed by atoms with van der Waals surface area (Å²) in [4.78, 5) is 0. The highest BCUT2D eigenvalue weighted by atomic mass is 16.5. The van der Waals surface area contributed by atoms with Crippen LogP contribution in [0.4, 0.5) is 0 Å². The Hall–Kier alpha value is -1.28. The van der Waals surface area contributed by atoms with E-state index in [-0.39, 0.29) is 6.61 Å². The van der Waals surface area contributed by atoms with Gasteiger partial charge in [-0.05, 0) is 12.1 Å². The molecule has 1 unspecified atom stereocenters. The molecule has 0 radical (unpaired) electrons. The Balaban J connectivity index is 2.02. The fraction of sp³-hybridized carbons (Fsp3) is 0.455. The molecule has 15 heavy (non-hydrogen) atoms. The number of terminal acetylenes is 1. The lowest BCUT2D eigenvalue weighted by Crippen LogP contribution is -2.30. The SMILES string of the molecule is C#CCNCC(O)COCc1ccco1. The van der Waals surface area contributed by atoms with Gasteiger partial charge in [0.25, 0.3) is 0 Å². The van der Waals surface area contributed by atoms with Gasteiger partial charge in [0.1, 0.15) is 12.4 Å². The smallest absolute Gasteiger partial charge is 0.129 e. The summed E-state index contributed by atoms with van der Waals surface area (Å²) in [6.45, 7) is 1.52. The fourth-order valence-corrected chi connectivity index (χ4v) is 1.06. The van der Waals surface area contributed by atoms with Crippen LogP contribution >= 0.6 is 0 Å². The number of nitrogens with one attached hydrogen (secondary N) is 1. The summed E-state index contributed by atoms with van der Waals surface area (Å²) in [6.07, 6.45) is 6.08. The van der Waals surface area contributed by atoms with Crippen molar-refractivity contribution < 1.29 is 14.3 Å². The molecule has 0 saturated heterocycles. The molecule has 1 aromatic heterocycles. The maximum Gasteiger partial charge on any atom is 0.129 e. The molecule has 0 aromatic carbocycles. The molecule has 0 aliphatic heterocycles. The number of hydrogen-bond donors (Lipinski definition) is 2. The van der Waals surface area contributed by atoms with Crippen molar-refractivity contribution in [1.29, 1.82) is 0 Å². The Morgan fingerprint density at radius 3 is 3.20 bits per heavy atom. The highest BCUT2D eigenvalue weighted by Gasteiger charge is 2.03. The van der Waals surface area contributed by atoms with Gasteiger partial charge in [0, 0.05) is 6.54 Å². The number of ether oxygens (including phenoxy) is 1. The first kappa shape index (κ1) is 11.8. The topological polar surface area (TPSA) is 54.6 Å². The van der Waals surface area contributed by atoms with Crippen molar-refractivity contribution in [2.24, 2.45) is 0 Å². The average Bonchev–Trinajstić information content (AvgIpc) is 2.71. The zero-order valence-electron chi connectivity index (χ0n) is 8.48. The molecule has 0 spiro atoms. The van der Waals surface area contributed by atoms with Crippen LogP contribution in [0.3, 0.4) is 0 Å². The van der Waals surface area contributed by atoms with Gasteiger partial charge in [0.2, 0.25) is 0 Å².